The third kappa shape index (κ3) is 4.49. The molecule has 1 aromatic heterocycles. The molecular formula is C15H25N3O2. The molecule has 0 aliphatic carbocycles. The minimum absolute atomic E-state index is 0.271. The van der Waals surface area contributed by atoms with Gasteiger partial charge >= 0.3 is 5.97 Å². The second-order valence-corrected chi connectivity index (χ2v) is 5.46. The number of hydrogen-bond acceptors (Lipinski definition) is 4. The predicted molar refractivity (Wildman–Crippen MR) is 81.5 cm³/mol. The van der Waals surface area contributed by atoms with Gasteiger partial charge in [-0.3, -0.25) is 0 Å². The lowest BCUT2D eigenvalue weighted by Crippen LogP contribution is -2.28. The van der Waals surface area contributed by atoms with Crippen molar-refractivity contribution in [1.82, 2.24) is 9.88 Å². The number of nitrogens with zero attached hydrogens (tertiary/aromatic N) is 2. The second kappa shape index (κ2) is 7.24. The van der Waals surface area contributed by atoms with E-state index in [9.17, 15) is 9.90 Å². The molecular weight excluding hydrogens is 254 g/mol. The lowest BCUT2D eigenvalue weighted by molar-refractivity contribution is 0.0697. The van der Waals surface area contributed by atoms with Crippen molar-refractivity contribution in [2.75, 3.05) is 25.5 Å². The average molecular weight is 279 g/mol. The molecule has 0 amide bonds. The first-order valence-corrected chi connectivity index (χ1v) is 6.98. The van der Waals surface area contributed by atoms with Crippen LogP contribution in [-0.4, -0.2) is 47.1 Å². The summed E-state index contributed by atoms with van der Waals surface area (Å²) in [6.07, 6.45) is 0.947. The van der Waals surface area contributed by atoms with Gasteiger partial charge in [-0.1, -0.05) is 0 Å². The number of aromatic carboxylic acids is 1. The van der Waals surface area contributed by atoms with Crippen LogP contribution >= 0.6 is 0 Å². The fourth-order valence-electron chi connectivity index (χ4n) is 2.03. The highest BCUT2D eigenvalue weighted by atomic mass is 16.4. The minimum atomic E-state index is -0.934. The number of anilines is 1. The van der Waals surface area contributed by atoms with E-state index in [1.54, 1.807) is 13.0 Å². The van der Waals surface area contributed by atoms with Crippen molar-refractivity contribution in [3.8, 4) is 0 Å². The molecule has 0 atom stereocenters. The Hall–Kier alpha value is -1.62. The van der Waals surface area contributed by atoms with Crippen LogP contribution in [-0.2, 0) is 0 Å². The molecule has 0 spiro atoms. The number of carboxylic acids is 1. The Morgan fingerprint density at radius 3 is 2.65 bits per heavy atom. The van der Waals surface area contributed by atoms with Crippen molar-refractivity contribution < 1.29 is 9.90 Å². The van der Waals surface area contributed by atoms with Crippen LogP contribution in [0.4, 0.5) is 5.82 Å². The zero-order chi connectivity index (χ0) is 15.3. The van der Waals surface area contributed by atoms with Crippen LogP contribution in [0.1, 0.15) is 41.9 Å². The van der Waals surface area contributed by atoms with E-state index in [1.807, 2.05) is 6.92 Å². The molecule has 0 aromatic carbocycles. The first-order chi connectivity index (χ1) is 9.32. The number of hydrogen-bond donors (Lipinski definition) is 2. The number of pyridine rings is 1. The summed E-state index contributed by atoms with van der Waals surface area (Å²) in [5.41, 5.74) is 1.84. The van der Waals surface area contributed by atoms with E-state index in [0.29, 0.717) is 18.4 Å². The monoisotopic (exact) mass is 279 g/mol. The van der Waals surface area contributed by atoms with E-state index in [0.717, 1.165) is 24.2 Å². The molecule has 20 heavy (non-hydrogen) atoms. The molecule has 0 fully saturated rings. The maximum Gasteiger partial charge on any atom is 0.339 e. The molecule has 0 aliphatic rings. The zero-order valence-electron chi connectivity index (χ0n) is 13.0. The van der Waals surface area contributed by atoms with Crippen molar-refractivity contribution in [3.05, 3.63) is 22.9 Å². The molecule has 0 unspecified atom stereocenters. The van der Waals surface area contributed by atoms with Gasteiger partial charge in [-0.2, -0.15) is 0 Å². The summed E-state index contributed by atoms with van der Waals surface area (Å²) in [6.45, 7) is 9.67. The number of carboxylic acid groups (broad SMARTS) is 1. The van der Waals surface area contributed by atoms with Gasteiger partial charge in [0, 0.05) is 18.3 Å². The lowest BCUT2D eigenvalue weighted by Gasteiger charge is -2.21. The Kier molecular flexibility index (Phi) is 5.95. The average Bonchev–Trinajstić information content (AvgIpc) is 2.32. The van der Waals surface area contributed by atoms with Crippen LogP contribution in [0.15, 0.2) is 6.07 Å². The Bertz CT molecular complexity index is 472. The maximum atomic E-state index is 11.3. The molecule has 0 saturated carbocycles. The second-order valence-electron chi connectivity index (χ2n) is 5.46. The zero-order valence-corrected chi connectivity index (χ0v) is 13.0. The molecule has 112 valence electrons. The number of aromatic nitrogens is 1. The first kappa shape index (κ1) is 16.4. The summed E-state index contributed by atoms with van der Waals surface area (Å²) in [6, 6.07) is 2.31. The largest absolute Gasteiger partial charge is 0.478 e. The summed E-state index contributed by atoms with van der Waals surface area (Å²) in [5.74, 6) is -0.459. The van der Waals surface area contributed by atoms with Gasteiger partial charge in [-0.15, -0.1) is 0 Å². The van der Waals surface area contributed by atoms with Crippen molar-refractivity contribution in [2.45, 2.75) is 40.2 Å². The molecule has 0 aliphatic heterocycles. The number of carbonyl (C=O) groups is 1. The van der Waals surface area contributed by atoms with Crippen molar-refractivity contribution >= 4 is 11.8 Å². The Balaban J connectivity index is 2.66. The van der Waals surface area contributed by atoms with Crippen molar-refractivity contribution in [3.63, 3.8) is 0 Å². The van der Waals surface area contributed by atoms with Crippen LogP contribution in [0.5, 0.6) is 0 Å². The molecule has 1 aromatic rings. The standard InChI is InChI=1S/C15H25N3O2/c1-10(2)18(5)8-6-7-16-14-13(15(19)20)11(3)9-12(4)17-14/h9-10H,6-8H2,1-5H3,(H,16,17)(H,19,20). The molecule has 5 heteroatoms. The third-order valence-electron chi connectivity index (χ3n) is 3.42. The van der Waals surface area contributed by atoms with Crippen LogP contribution in [0.3, 0.4) is 0 Å². The van der Waals surface area contributed by atoms with E-state index in [1.165, 1.54) is 0 Å². The van der Waals surface area contributed by atoms with Gasteiger partial charge in [0.05, 0.1) is 0 Å². The summed E-state index contributed by atoms with van der Waals surface area (Å²) < 4.78 is 0. The summed E-state index contributed by atoms with van der Waals surface area (Å²) >= 11 is 0. The predicted octanol–water partition coefficient (Wildman–Crippen LogP) is 2.54. The van der Waals surface area contributed by atoms with Gasteiger partial charge in [0.15, 0.2) is 0 Å². The topological polar surface area (TPSA) is 65.5 Å². The molecule has 2 N–H and O–H groups in total. The Morgan fingerprint density at radius 1 is 1.45 bits per heavy atom. The van der Waals surface area contributed by atoms with Crippen LogP contribution in [0, 0.1) is 13.8 Å². The molecule has 1 rings (SSSR count). The fraction of sp³-hybridized carbons (Fsp3) is 0.600. The van der Waals surface area contributed by atoms with E-state index < -0.39 is 5.97 Å². The smallest absolute Gasteiger partial charge is 0.339 e. The highest BCUT2D eigenvalue weighted by Gasteiger charge is 2.15. The molecule has 0 saturated heterocycles. The van der Waals surface area contributed by atoms with Crippen molar-refractivity contribution in [1.29, 1.82) is 0 Å². The quantitative estimate of drug-likeness (QED) is 0.751. The maximum absolute atomic E-state index is 11.3. The van der Waals surface area contributed by atoms with E-state index in [2.05, 4.69) is 36.1 Å². The lowest BCUT2D eigenvalue weighted by atomic mass is 10.1. The highest BCUT2D eigenvalue weighted by Crippen LogP contribution is 2.18. The van der Waals surface area contributed by atoms with Gasteiger partial charge in [-0.05, 0) is 59.3 Å². The Labute approximate surface area is 121 Å². The van der Waals surface area contributed by atoms with Crippen LogP contribution in [0.2, 0.25) is 0 Å². The summed E-state index contributed by atoms with van der Waals surface area (Å²) in [7, 11) is 2.09. The Morgan fingerprint density at radius 2 is 2.10 bits per heavy atom. The summed E-state index contributed by atoms with van der Waals surface area (Å²) in [5, 5.41) is 12.4. The molecule has 1 heterocycles. The normalized spacial score (nSPS) is 11.2. The molecule has 0 bridgehead atoms. The number of aryl methyl sites for hydroxylation is 2. The van der Waals surface area contributed by atoms with Gasteiger partial charge in [0.2, 0.25) is 0 Å². The SMILES string of the molecule is Cc1cc(C)c(C(=O)O)c(NCCCN(C)C(C)C)n1. The van der Waals surface area contributed by atoms with Crippen LogP contribution < -0.4 is 5.32 Å². The molecule has 0 radical (unpaired) electrons. The van der Waals surface area contributed by atoms with Gasteiger partial charge < -0.3 is 15.3 Å². The fourth-order valence-corrected chi connectivity index (χ4v) is 2.03. The van der Waals surface area contributed by atoms with Gasteiger partial charge in [0.1, 0.15) is 11.4 Å². The van der Waals surface area contributed by atoms with E-state index in [4.69, 9.17) is 0 Å². The minimum Gasteiger partial charge on any atom is -0.478 e. The third-order valence-corrected chi connectivity index (χ3v) is 3.42. The molecule has 5 nitrogen and oxygen atoms in total. The number of rotatable bonds is 7. The van der Waals surface area contributed by atoms with Gasteiger partial charge in [0.25, 0.3) is 0 Å². The summed E-state index contributed by atoms with van der Waals surface area (Å²) in [4.78, 5) is 17.9. The van der Waals surface area contributed by atoms with Crippen molar-refractivity contribution in [2.24, 2.45) is 0 Å². The highest BCUT2D eigenvalue weighted by molar-refractivity contribution is 5.94. The van der Waals surface area contributed by atoms with E-state index >= 15 is 0 Å². The first-order valence-electron chi connectivity index (χ1n) is 6.98. The van der Waals surface area contributed by atoms with E-state index in [-0.39, 0.29) is 5.56 Å². The number of nitrogens with one attached hydrogen (secondary N) is 1. The van der Waals surface area contributed by atoms with Gasteiger partial charge in [-0.25, -0.2) is 9.78 Å². The van der Waals surface area contributed by atoms with Crippen LogP contribution in [0.25, 0.3) is 0 Å².